The zero-order valence-corrected chi connectivity index (χ0v) is 11.6. The molecule has 0 saturated carbocycles. The van der Waals surface area contributed by atoms with Crippen molar-refractivity contribution >= 4 is 34.1 Å². The van der Waals surface area contributed by atoms with E-state index in [0.717, 1.165) is 41.7 Å². The van der Waals surface area contributed by atoms with Gasteiger partial charge in [-0.2, -0.15) is 0 Å². The van der Waals surface area contributed by atoms with Crippen LogP contribution in [0, 0.1) is 0 Å². The van der Waals surface area contributed by atoms with Crippen molar-refractivity contribution in [2.24, 2.45) is 0 Å². The van der Waals surface area contributed by atoms with Crippen LogP contribution in [0.4, 0.5) is 0 Å². The molecule has 0 atom stereocenters. The number of nitrogens with one attached hydrogen (secondary N) is 1. The first kappa shape index (κ1) is 12.9. The highest BCUT2D eigenvalue weighted by Crippen LogP contribution is 2.40. The summed E-state index contributed by atoms with van der Waals surface area (Å²) in [6.45, 7) is 1.70. The van der Waals surface area contributed by atoms with E-state index in [-0.39, 0.29) is 18.2 Å². The zero-order chi connectivity index (χ0) is 11.2. The third-order valence-electron chi connectivity index (χ3n) is 3.32. The van der Waals surface area contributed by atoms with E-state index in [1.54, 1.807) is 0 Å². The van der Waals surface area contributed by atoms with E-state index in [0.29, 0.717) is 0 Å². The number of piperidine rings is 1. The molecule has 5 heteroatoms. The van der Waals surface area contributed by atoms with Gasteiger partial charge in [-0.1, -0.05) is 15.9 Å². The van der Waals surface area contributed by atoms with Crippen LogP contribution in [0.5, 0.6) is 5.75 Å². The molecule has 0 amide bonds. The second-order valence-electron chi connectivity index (χ2n) is 4.32. The minimum Gasteiger partial charge on any atom is -0.478 e. The van der Waals surface area contributed by atoms with Gasteiger partial charge in [0.05, 0.1) is 5.56 Å². The van der Waals surface area contributed by atoms with Gasteiger partial charge in [0.2, 0.25) is 5.78 Å². The van der Waals surface area contributed by atoms with Gasteiger partial charge in [0, 0.05) is 17.3 Å². The molecule has 1 aromatic carbocycles. The molecule has 0 unspecified atom stereocenters. The van der Waals surface area contributed by atoms with Gasteiger partial charge in [0.15, 0.2) is 5.60 Å². The molecular weight excluding hydrogens is 305 g/mol. The van der Waals surface area contributed by atoms with Gasteiger partial charge < -0.3 is 10.1 Å². The predicted octanol–water partition coefficient (Wildman–Crippen LogP) is 2.57. The second kappa shape index (κ2) is 4.59. The minimum absolute atomic E-state index is 0. The quantitative estimate of drug-likeness (QED) is 0.799. The van der Waals surface area contributed by atoms with Crippen LogP contribution in [-0.2, 0) is 0 Å². The van der Waals surface area contributed by atoms with Crippen molar-refractivity contribution in [2.45, 2.75) is 18.4 Å². The Hall–Kier alpha value is -0.580. The summed E-state index contributed by atoms with van der Waals surface area (Å²) in [5.74, 6) is 0.875. The van der Waals surface area contributed by atoms with Crippen molar-refractivity contribution < 1.29 is 9.53 Å². The maximum absolute atomic E-state index is 12.4. The van der Waals surface area contributed by atoms with Crippen LogP contribution in [0.3, 0.4) is 0 Å². The number of ketones is 1. The van der Waals surface area contributed by atoms with Crippen LogP contribution in [0.25, 0.3) is 0 Å². The molecule has 2 aliphatic heterocycles. The van der Waals surface area contributed by atoms with Gasteiger partial charge in [-0.05, 0) is 31.3 Å². The Morgan fingerprint density at radius 2 is 2.00 bits per heavy atom. The topological polar surface area (TPSA) is 38.3 Å². The minimum atomic E-state index is -0.589. The van der Waals surface area contributed by atoms with Gasteiger partial charge in [-0.15, -0.1) is 12.4 Å². The normalized spacial score (nSPS) is 20.6. The van der Waals surface area contributed by atoms with E-state index in [1.807, 2.05) is 18.2 Å². The fraction of sp³-hybridized carbons (Fsp3) is 0.417. The fourth-order valence-corrected chi connectivity index (χ4v) is 2.79. The van der Waals surface area contributed by atoms with Crippen LogP contribution in [-0.4, -0.2) is 24.5 Å². The van der Waals surface area contributed by atoms with Gasteiger partial charge in [0.25, 0.3) is 0 Å². The molecule has 0 radical (unpaired) electrons. The van der Waals surface area contributed by atoms with Crippen molar-refractivity contribution in [1.82, 2.24) is 5.32 Å². The Bertz CT molecular complexity index is 458. The molecule has 3 nitrogen and oxygen atoms in total. The van der Waals surface area contributed by atoms with E-state index in [4.69, 9.17) is 4.74 Å². The number of rotatable bonds is 0. The highest BCUT2D eigenvalue weighted by molar-refractivity contribution is 9.10. The number of fused-ring (bicyclic) bond motifs is 1. The van der Waals surface area contributed by atoms with Crippen molar-refractivity contribution in [2.75, 3.05) is 13.1 Å². The van der Waals surface area contributed by atoms with Crippen molar-refractivity contribution in [3.63, 3.8) is 0 Å². The van der Waals surface area contributed by atoms with Gasteiger partial charge in [-0.25, -0.2) is 0 Å². The van der Waals surface area contributed by atoms with Gasteiger partial charge >= 0.3 is 0 Å². The fourth-order valence-electron chi connectivity index (χ4n) is 2.43. The summed E-state index contributed by atoms with van der Waals surface area (Å²) in [5.41, 5.74) is 0.130. The molecule has 0 aliphatic carbocycles. The van der Waals surface area contributed by atoms with Crippen molar-refractivity contribution in [3.05, 3.63) is 28.2 Å². The zero-order valence-electron chi connectivity index (χ0n) is 9.16. The lowest BCUT2D eigenvalue weighted by Crippen LogP contribution is -2.49. The first-order valence-corrected chi connectivity index (χ1v) is 6.25. The number of Topliss-reactive ketones (excluding diaryl/α,β-unsaturated/α-hetero) is 1. The first-order chi connectivity index (χ1) is 7.71. The van der Waals surface area contributed by atoms with E-state index < -0.39 is 5.60 Å². The smallest absolute Gasteiger partial charge is 0.210 e. The number of halogens is 2. The Balaban J connectivity index is 0.00000108. The molecule has 1 saturated heterocycles. The summed E-state index contributed by atoms with van der Waals surface area (Å²) in [4.78, 5) is 12.4. The summed E-state index contributed by atoms with van der Waals surface area (Å²) in [5, 5.41) is 3.25. The molecule has 1 aromatic rings. The summed E-state index contributed by atoms with van der Waals surface area (Å²) in [7, 11) is 0. The number of benzene rings is 1. The molecule has 1 spiro atoms. The van der Waals surface area contributed by atoms with Crippen molar-refractivity contribution in [1.29, 1.82) is 0 Å². The molecule has 0 aromatic heterocycles. The summed E-state index contributed by atoms with van der Waals surface area (Å²) >= 11 is 3.38. The molecule has 2 aliphatic rings. The highest BCUT2D eigenvalue weighted by atomic mass is 79.9. The highest BCUT2D eigenvalue weighted by Gasteiger charge is 2.48. The Morgan fingerprint density at radius 3 is 2.71 bits per heavy atom. The molecule has 1 N–H and O–H groups in total. The van der Waals surface area contributed by atoms with Gasteiger partial charge in [-0.3, -0.25) is 4.79 Å². The standard InChI is InChI=1S/C12H12BrNO2.ClH/c13-8-1-2-10-9(7-8)11(15)12(16-10)3-5-14-6-4-12;/h1-2,7,14H,3-6H2;1H. The van der Waals surface area contributed by atoms with Crippen LogP contribution in [0.2, 0.25) is 0 Å². The maximum Gasteiger partial charge on any atom is 0.210 e. The molecule has 3 rings (SSSR count). The number of hydrogen-bond acceptors (Lipinski definition) is 3. The largest absolute Gasteiger partial charge is 0.478 e. The maximum atomic E-state index is 12.4. The van der Waals surface area contributed by atoms with Crippen LogP contribution in [0.15, 0.2) is 22.7 Å². The number of ether oxygens (including phenoxy) is 1. The van der Waals surface area contributed by atoms with Crippen LogP contribution in [0.1, 0.15) is 23.2 Å². The average molecular weight is 319 g/mol. The first-order valence-electron chi connectivity index (χ1n) is 5.45. The molecule has 2 heterocycles. The lowest BCUT2D eigenvalue weighted by molar-refractivity contribution is 0.0424. The molecular formula is C12H13BrClNO2. The summed E-state index contributed by atoms with van der Waals surface area (Å²) < 4.78 is 6.82. The lowest BCUT2D eigenvalue weighted by Gasteiger charge is -2.31. The Morgan fingerprint density at radius 1 is 1.29 bits per heavy atom. The average Bonchev–Trinajstić information content (AvgIpc) is 2.55. The third kappa shape index (κ3) is 1.98. The molecule has 17 heavy (non-hydrogen) atoms. The predicted molar refractivity (Wildman–Crippen MR) is 71.2 cm³/mol. The summed E-state index contributed by atoms with van der Waals surface area (Å²) in [6.07, 6.45) is 1.52. The van der Waals surface area contributed by atoms with Crippen LogP contribution < -0.4 is 10.1 Å². The van der Waals surface area contributed by atoms with Gasteiger partial charge in [0.1, 0.15) is 5.75 Å². The second-order valence-corrected chi connectivity index (χ2v) is 5.23. The lowest BCUT2D eigenvalue weighted by atomic mass is 9.87. The van der Waals surface area contributed by atoms with Crippen LogP contribution >= 0.6 is 28.3 Å². The SMILES string of the molecule is Cl.O=C1c2cc(Br)ccc2OC12CCNCC2. The number of carbonyl (C=O) groups is 1. The molecule has 1 fully saturated rings. The summed E-state index contributed by atoms with van der Waals surface area (Å²) in [6, 6.07) is 5.63. The van der Waals surface area contributed by atoms with Crippen molar-refractivity contribution in [3.8, 4) is 5.75 Å². The third-order valence-corrected chi connectivity index (χ3v) is 3.81. The number of hydrogen-bond donors (Lipinski definition) is 1. The molecule has 0 bridgehead atoms. The monoisotopic (exact) mass is 317 g/mol. The van der Waals surface area contributed by atoms with E-state index in [9.17, 15) is 4.79 Å². The van der Waals surface area contributed by atoms with E-state index in [2.05, 4.69) is 21.2 Å². The molecule has 92 valence electrons. The van der Waals surface area contributed by atoms with E-state index in [1.165, 1.54) is 0 Å². The number of carbonyl (C=O) groups excluding carboxylic acids is 1. The Kier molecular flexibility index (Phi) is 3.48. The van der Waals surface area contributed by atoms with E-state index >= 15 is 0 Å². The Labute approximate surface area is 114 Å².